The molecule has 0 bridgehead atoms. The largest absolute Gasteiger partial charge is 0.338 e. The number of piperidine rings is 1. The van der Waals surface area contributed by atoms with Crippen molar-refractivity contribution in [3.8, 4) is 0 Å². The molecular weight excluding hydrogens is 398 g/mol. The third-order valence-electron chi connectivity index (χ3n) is 5.99. The van der Waals surface area contributed by atoms with Crippen molar-refractivity contribution in [1.82, 2.24) is 14.1 Å². The van der Waals surface area contributed by atoms with Gasteiger partial charge in [0, 0.05) is 43.8 Å². The number of likely N-dealkylation sites (tertiary alicyclic amines) is 1. The van der Waals surface area contributed by atoms with Crippen LogP contribution >= 0.6 is 11.6 Å². The fourth-order valence-electron chi connectivity index (χ4n) is 4.22. The van der Waals surface area contributed by atoms with E-state index < -0.39 is 10.0 Å². The Morgan fingerprint density at radius 2 is 1.89 bits per heavy atom. The first-order chi connectivity index (χ1) is 13.3. The average molecular weight is 428 g/mol. The summed E-state index contributed by atoms with van der Waals surface area (Å²) >= 11 is 5.95. The van der Waals surface area contributed by atoms with Crippen molar-refractivity contribution < 1.29 is 13.2 Å². The minimum Gasteiger partial charge on any atom is -0.338 e. The summed E-state index contributed by atoms with van der Waals surface area (Å²) in [5, 5.41) is 0.408. The highest BCUT2D eigenvalue weighted by atomic mass is 35.5. The number of sulfonamides is 1. The number of carbonyl (C=O) groups excluding carboxylic acids is 1. The van der Waals surface area contributed by atoms with E-state index in [1.165, 1.54) is 16.8 Å². The second kappa shape index (κ2) is 9.11. The van der Waals surface area contributed by atoms with E-state index in [9.17, 15) is 13.2 Å². The van der Waals surface area contributed by atoms with E-state index in [1.807, 2.05) is 11.8 Å². The minimum absolute atomic E-state index is 0.178. The Kier molecular flexibility index (Phi) is 7.02. The van der Waals surface area contributed by atoms with Crippen LogP contribution in [0.25, 0.3) is 0 Å². The Morgan fingerprint density at radius 3 is 2.54 bits per heavy atom. The molecule has 2 saturated heterocycles. The van der Waals surface area contributed by atoms with Gasteiger partial charge in [-0.3, -0.25) is 9.69 Å². The van der Waals surface area contributed by atoms with Crippen LogP contribution in [0, 0.1) is 0 Å². The highest BCUT2D eigenvalue weighted by molar-refractivity contribution is 7.89. The summed E-state index contributed by atoms with van der Waals surface area (Å²) in [4.78, 5) is 17.4. The van der Waals surface area contributed by atoms with Crippen LogP contribution < -0.4 is 0 Å². The number of carbonyl (C=O) groups is 1. The maximum Gasteiger partial charge on any atom is 0.243 e. The zero-order valence-electron chi connectivity index (χ0n) is 16.7. The molecular formula is C20H30ClN3O3S. The van der Waals surface area contributed by atoms with E-state index in [0.717, 1.165) is 25.8 Å². The van der Waals surface area contributed by atoms with Gasteiger partial charge in [-0.25, -0.2) is 8.42 Å². The normalized spacial score (nSPS) is 23.5. The maximum atomic E-state index is 13.0. The van der Waals surface area contributed by atoms with Crippen LogP contribution in [0.1, 0.15) is 39.5 Å². The van der Waals surface area contributed by atoms with Crippen molar-refractivity contribution in [3.63, 3.8) is 0 Å². The van der Waals surface area contributed by atoms with Gasteiger partial charge in [0.15, 0.2) is 0 Å². The molecule has 0 radical (unpaired) electrons. The van der Waals surface area contributed by atoms with Gasteiger partial charge in [0.2, 0.25) is 15.9 Å². The smallest absolute Gasteiger partial charge is 0.243 e. The van der Waals surface area contributed by atoms with Crippen LogP contribution in [0.15, 0.2) is 29.2 Å². The molecule has 1 amide bonds. The molecule has 0 aliphatic carbocycles. The molecule has 28 heavy (non-hydrogen) atoms. The average Bonchev–Trinajstić information content (AvgIpc) is 2.72. The fourth-order valence-corrected chi connectivity index (χ4v) is 5.94. The summed E-state index contributed by atoms with van der Waals surface area (Å²) in [7, 11) is -3.56. The molecule has 2 aliphatic heterocycles. The van der Waals surface area contributed by atoms with E-state index in [2.05, 4.69) is 11.8 Å². The summed E-state index contributed by atoms with van der Waals surface area (Å²) in [6, 6.07) is 6.49. The van der Waals surface area contributed by atoms with E-state index in [0.29, 0.717) is 37.2 Å². The van der Waals surface area contributed by atoms with Crippen LogP contribution in [0.5, 0.6) is 0 Å². The molecule has 2 unspecified atom stereocenters. The standard InChI is InChI=1S/C20H30ClN3O3S/c1-3-18-8-4-5-10-24(18)20(25)16(2)22-11-13-23(14-12-22)28(26,27)19-9-6-7-17(21)15-19/h6-7,9,15-16,18H,3-5,8,10-14H2,1-2H3. The van der Waals surface area contributed by atoms with E-state index in [1.54, 1.807) is 18.2 Å². The zero-order valence-corrected chi connectivity index (χ0v) is 18.3. The van der Waals surface area contributed by atoms with Gasteiger partial charge in [-0.2, -0.15) is 4.31 Å². The van der Waals surface area contributed by atoms with Crippen LogP contribution in [-0.4, -0.2) is 73.2 Å². The van der Waals surface area contributed by atoms with E-state index in [4.69, 9.17) is 11.6 Å². The maximum absolute atomic E-state index is 13.0. The molecule has 0 saturated carbocycles. The van der Waals surface area contributed by atoms with Gasteiger partial charge in [-0.1, -0.05) is 24.6 Å². The third kappa shape index (κ3) is 4.53. The summed E-state index contributed by atoms with van der Waals surface area (Å²) in [5.41, 5.74) is 0. The zero-order chi connectivity index (χ0) is 20.3. The second-order valence-corrected chi connectivity index (χ2v) is 10.0. The quantitative estimate of drug-likeness (QED) is 0.724. The molecule has 8 heteroatoms. The van der Waals surface area contributed by atoms with Crippen molar-refractivity contribution in [2.45, 2.75) is 56.5 Å². The minimum atomic E-state index is -3.56. The topological polar surface area (TPSA) is 60.9 Å². The van der Waals surface area contributed by atoms with Gasteiger partial charge >= 0.3 is 0 Å². The number of hydrogen-bond donors (Lipinski definition) is 0. The molecule has 0 N–H and O–H groups in total. The summed E-state index contributed by atoms with van der Waals surface area (Å²) in [6.45, 7) is 6.79. The summed E-state index contributed by atoms with van der Waals surface area (Å²) in [5.74, 6) is 0.178. The highest BCUT2D eigenvalue weighted by Gasteiger charge is 2.35. The monoisotopic (exact) mass is 427 g/mol. The molecule has 0 aromatic heterocycles. The van der Waals surface area contributed by atoms with Crippen LogP contribution in [-0.2, 0) is 14.8 Å². The van der Waals surface area contributed by atoms with E-state index >= 15 is 0 Å². The predicted octanol–water partition coefficient (Wildman–Crippen LogP) is 2.83. The Balaban J connectivity index is 1.62. The highest BCUT2D eigenvalue weighted by Crippen LogP contribution is 2.24. The number of halogens is 1. The number of amides is 1. The Bertz CT molecular complexity index is 794. The number of nitrogens with zero attached hydrogens (tertiary/aromatic N) is 3. The van der Waals surface area contributed by atoms with Gasteiger partial charge in [0.05, 0.1) is 10.9 Å². The van der Waals surface area contributed by atoms with Crippen molar-refractivity contribution in [2.24, 2.45) is 0 Å². The number of hydrogen-bond acceptors (Lipinski definition) is 4. The lowest BCUT2D eigenvalue weighted by Crippen LogP contribution is -2.57. The van der Waals surface area contributed by atoms with Crippen molar-refractivity contribution in [3.05, 3.63) is 29.3 Å². The van der Waals surface area contributed by atoms with E-state index in [-0.39, 0.29) is 16.8 Å². The Labute approximate surface area is 173 Å². The molecule has 2 heterocycles. The first-order valence-electron chi connectivity index (χ1n) is 10.1. The SMILES string of the molecule is CCC1CCCCN1C(=O)C(C)N1CCN(S(=O)(=O)c2cccc(Cl)c2)CC1. The molecule has 1 aromatic rings. The first kappa shape index (κ1) is 21.6. The van der Waals surface area contributed by atoms with Gasteiger partial charge in [0.1, 0.15) is 0 Å². The number of rotatable bonds is 5. The lowest BCUT2D eigenvalue weighted by Gasteiger charge is -2.41. The summed E-state index contributed by atoms with van der Waals surface area (Å²) < 4.78 is 27.2. The number of piperazine rings is 1. The van der Waals surface area contributed by atoms with Gasteiger partial charge < -0.3 is 4.90 Å². The summed E-state index contributed by atoms with van der Waals surface area (Å²) in [6.07, 6.45) is 4.34. The lowest BCUT2D eigenvalue weighted by molar-refractivity contribution is -0.140. The molecule has 2 fully saturated rings. The van der Waals surface area contributed by atoms with Gasteiger partial charge in [-0.15, -0.1) is 0 Å². The Hall–Kier alpha value is -1.15. The van der Waals surface area contributed by atoms with Crippen molar-refractivity contribution in [2.75, 3.05) is 32.7 Å². The van der Waals surface area contributed by atoms with Crippen LogP contribution in [0.3, 0.4) is 0 Å². The third-order valence-corrected chi connectivity index (χ3v) is 8.12. The van der Waals surface area contributed by atoms with Gasteiger partial charge in [0.25, 0.3) is 0 Å². The molecule has 2 aliphatic rings. The predicted molar refractivity (Wildman–Crippen MR) is 111 cm³/mol. The molecule has 3 rings (SSSR count). The van der Waals surface area contributed by atoms with Crippen molar-refractivity contribution >= 4 is 27.5 Å². The Morgan fingerprint density at radius 1 is 1.18 bits per heavy atom. The van der Waals surface area contributed by atoms with Gasteiger partial charge in [-0.05, 0) is 50.8 Å². The molecule has 1 aromatic carbocycles. The lowest BCUT2D eigenvalue weighted by atomic mass is 9.99. The molecule has 2 atom stereocenters. The van der Waals surface area contributed by atoms with Crippen molar-refractivity contribution in [1.29, 1.82) is 0 Å². The first-order valence-corrected chi connectivity index (χ1v) is 12.0. The van der Waals surface area contributed by atoms with Crippen LogP contribution in [0.2, 0.25) is 5.02 Å². The molecule has 156 valence electrons. The molecule has 6 nitrogen and oxygen atoms in total. The number of benzene rings is 1. The second-order valence-electron chi connectivity index (χ2n) is 7.66. The van der Waals surface area contributed by atoms with Crippen LogP contribution in [0.4, 0.5) is 0 Å². The fraction of sp³-hybridized carbons (Fsp3) is 0.650. The molecule has 0 spiro atoms.